The SMILES string of the molecule is CC1(C)CN(Cc2cn(-c3ccccc3)nc2-c2cccnc2)CCC1N.Cl. The molecule has 1 atom stereocenters. The van der Waals surface area contributed by atoms with E-state index < -0.39 is 0 Å². The topological polar surface area (TPSA) is 60.0 Å². The molecular weight excluding hydrogens is 370 g/mol. The predicted octanol–water partition coefficient (Wildman–Crippen LogP) is 3.92. The standard InChI is InChI=1S/C22H27N5.ClH/c1-22(2)16-26(12-10-20(22)23)14-18-15-27(19-8-4-3-5-9-19)25-21(18)17-7-6-11-24-13-17;/h3-9,11,13,15,20H,10,12,14,16,23H2,1-2H3;1H. The van der Waals surface area contributed by atoms with Crippen molar-refractivity contribution >= 4 is 12.4 Å². The number of pyridine rings is 1. The Morgan fingerprint density at radius 2 is 1.93 bits per heavy atom. The molecule has 2 N–H and O–H groups in total. The van der Waals surface area contributed by atoms with Gasteiger partial charge in [-0.3, -0.25) is 9.88 Å². The molecular formula is C22H28ClN5. The van der Waals surface area contributed by atoms with Gasteiger partial charge in [0.1, 0.15) is 0 Å². The maximum Gasteiger partial charge on any atom is 0.0988 e. The summed E-state index contributed by atoms with van der Waals surface area (Å²) in [5, 5.41) is 4.89. The lowest BCUT2D eigenvalue weighted by Crippen LogP contribution is -2.52. The monoisotopic (exact) mass is 397 g/mol. The Morgan fingerprint density at radius 3 is 2.61 bits per heavy atom. The van der Waals surface area contributed by atoms with Crippen LogP contribution in [0.5, 0.6) is 0 Å². The Hall–Kier alpha value is -2.21. The van der Waals surface area contributed by atoms with Gasteiger partial charge < -0.3 is 5.73 Å². The average Bonchev–Trinajstić information content (AvgIpc) is 3.10. The number of halogens is 1. The van der Waals surface area contributed by atoms with E-state index in [0.717, 1.165) is 43.0 Å². The Bertz CT molecular complexity index is 892. The average molecular weight is 398 g/mol. The maximum atomic E-state index is 6.32. The zero-order valence-electron chi connectivity index (χ0n) is 16.5. The summed E-state index contributed by atoms with van der Waals surface area (Å²) in [4.78, 5) is 6.78. The highest BCUT2D eigenvalue weighted by molar-refractivity contribution is 5.85. The van der Waals surface area contributed by atoms with Crippen molar-refractivity contribution in [2.24, 2.45) is 11.1 Å². The molecule has 3 heterocycles. The molecule has 3 aromatic rings. The van der Waals surface area contributed by atoms with Crippen LogP contribution in [0, 0.1) is 5.41 Å². The fourth-order valence-corrected chi connectivity index (χ4v) is 3.85. The van der Waals surface area contributed by atoms with E-state index in [-0.39, 0.29) is 23.9 Å². The zero-order valence-corrected chi connectivity index (χ0v) is 17.3. The molecule has 1 aromatic carbocycles. The number of hydrogen-bond acceptors (Lipinski definition) is 4. The maximum absolute atomic E-state index is 6.32. The second-order valence-electron chi connectivity index (χ2n) is 8.12. The first-order valence-electron chi connectivity index (χ1n) is 9.55. The van der Waals surface area contributed by atoms with Crippen LogP contribution >= 0.6 is 12.4 Å². The third-order valence-electron chi connectivity index (χ3n) is 5.53. The van der Waals surface area contributed by atoms with Gasteiger partial charge in [0, 0.05) is 55.4 Å². The lowest BCUT2D eigenvalue weighted by Gasteiger charge is -2.42. The number of aromatic nitrogens is 3. The minimum absolute atomic E-state index is 0. The number of hydrogen-bond donors (Lipinski definition) is 1. The van der Waals surface area contributed by atoms with Crippen LogP contribution in [0.4, 0.5) is 0 Å². The highest BCUT2D eigenvalue weighted by Gasteiger charge is 2.33. The van der Waals surface area contributed by atoms with E-state index in [1.807, 2.05) is 35.1 Å². The lowest BCUT2D eigenvalue weighted by atomic mass is 9.79. The molecule has 1 aliphatic heterocycles. The van der Waals surface area contributed by atoms with E-state index in [0.29, 0.717) is 0 Å². The summed E-state index contributed by atoms with van der Waals surface area (Å²) in [6.07, 6.45) is 6.87. The Balaban J connectivity index is 0.00000225. The summed E-state index contributed by atoms with van der Waals surface area (Å²) in [5.41, 5.74) is 10.8. The molecule has 0 aliphatic carbocycles. The van der Waals surface area contributed by atoms with Gasteiger partial charge in [0.15, 0.2) is 0 Å². The second-order valence-corrected chi connectivity index (χ2v) is 8.12. The summed E-state index contributed by atoms with van der Waals surface area (Å²) >= 11 is 0. The number of nitrogens with two attached hydrogens (primary N) is 1. The van der Waals surface area contributed by atoms with Crippen LogP contribution in [0.3, 0.4) is 0 Å². The van der Waals surface area contributed by atoms with E-state index in [9.17, 15) is 0 Å². The highest BCUT2D eigenvalue weighted by Crippen LogP contribution is 2.30. The molecule has 5 nitrogen and oxygen atoms in total. The fourth-order valence-electron chi connectivity index (χ4n) is 3.85. The third-order valence-corrected chi connectivity index (χ3v) is 5.53. The van der Waals surface area contributed by atoms with Gasteiger partial charge in [-0.2, -0.15) is 5.10 Å². The van der Waals surface area contributed by atoms with Crippen LogP contribution in [-0.4, -0.2) is 38.8 Å². The minimum atomic E-state index is 0. The van der Waals surface area contributed by atoms with Crippen molar-refractivity contribution in [2.75, 3.05) is 13.1 Å². The van der Waals surface area contributed by atoms with E-state index in [4.69, 9.17) is 10.8 Å². The molecule has 0 spiro atoms. The molecule has 0 bridgehead atoms. The van der Waals surface area contributed by atoms with Crippen LogP contribution in [0.25, 0.3) is 16.9 Å². The largest absolute Gasteiger partial charge is 0.327 e. The second kappa shape index (κ2) is 8.43. The summed E-state index contributed by atoms with van der Waals surface area (Å²) in [7, 11) is 0. The molecule has 1 saturated heterocycles. The molecule has 6 heteroatoms. The van der Waals surface area contributed by atoms with Gasteiger partial charge in [-0.15, -0.1) is 12.4 Å². The van der Waals surface area contributed by atoms with E-state index in [1.54, 1.807) is 6.20 Å². The van der Waals surface area contributed by atoms with Crippen molar-refractivity contribution in [1.82, 2.24) is 19.7 Å². The third kappa shape index (κ3) is 4.27. The Kier molecular flexibility index (Phi) is 6.18. The van der Waals surface area contributed by atoms with Crippen LogP contribution < -0.4 is 5.73 Å². The van der Waals surface area contributed by atoms with E-state index >= 15 is 0 Å². The molecule has 1 unspecified atom stereocenters. The normalized spacial score (nSPS) is 19.2. The predicted molar refractivity (Wildman–Crippen MR) is 116 cm³/mol. The van der Waals surface area contributed by atoms with Crippen molar-refractivity contribution in [1.29, 1.82) is 0 Å². The lowest BCUT2D eigenvalue weighted by molar-refractivity contribution is 0.0900. The zero-order chi connectivity index (χ0) is 18.9. The van der Waals surface area contributed by atoms with Crippen LogP contribution in [0.15, 0.2) is 61.1 Å². The smallest absolute Gasteiger partial charge is 0.0988 e. The van der Waals surface area contributed by atoms with Crippen molar-refractivity contribution in [3.63, 3.8) is 0 Å². The van der Waals surface area contributed by atoms with Gasteiger partial charge >= 0.3 is 0 Å². The van der Waals surface area contributed by atoms with E-state index in [2.05, 4.69) is 48.1 Å². The minimum Gasteiger partial charge on any atom is -0.327 e. The van der Waals surface area contributed by atoms with Crippen molar-refractivity contribution in [2.45, 2.75) is 32.9 Å². The molecule has 4 rings (SSSR count). The molecule has 1 aliphatic rings. The van der Waals surface area contributed by atoms with Crippen molar-refractivity contribution in [3.05, 3.63) is 66.6 Å². The van der Waals surface area contributed by atoms with Gasteiger partial charge in [0.2, 0.25) is 0 Å². The van der Waals surface area contributed by atoms with Gasteiger partial charge in [0.05, 0.1) is 11.4 Å². The van der Waals surface area contributed by atoms with Gasteiger partial charge in [-0.1, -0.05) is 32.0 Å². The van der Waals surface area contributed by atoms with E-state index in [1.165, 1.54) is 5.56 Å². The molecule has 1 fully saturated rings. The Labute approximate surface area is 173 Å². The molecule has 0 radical (unpaired) electrons. The number of nitrogens with zero attached hydrogens (tertiary/aromatic N) is 4. The number of piperidine rings is 1. The summed E-state index contributed by atoms with van der Waals surface area (Å²) < 4.78 is 1.97. The summed E-state index contributed by atoms with van der Waals surface area (Å²) in [5.74, 6) is 0. The van der Waals surface area contributed by atoms with Crippen LogP contribution in [0.1, 0.15) is 25.8 Å². The molecule has 0 amide bonds. The van der Waals surface area contributed by atoms with Crippen molar-refractivity contribution in [3.8, 4) is 16.9 Å². The molecule has 148 valence electrons. The molecule has 0 saturated carbocycles. The van der Waals surface area contributed by atoms with Crippen LogP contribution in [0.2, 0.25) is 0 Å². The molecule has 28 heavy (non-hydrogen) atoms. The first-order chi connectivity index (χ1) is 13.0. The summed E-state index contributed by atoms with van der Waals surface area (Å²) in [6.45, 7) is 7.41. The first kappa shape index (κ1) is 20.5. The van der Waals surface area contributed by atoms with Crippen LogP contribution in [-0.2, 0) is 6.54 Å². The van der Waals surface area contributed by atoms with Gasteiger partial charge in [-0.05, 0) is 36.1 Å². The van der Waals surface area contributed by atoms with Gasteiger partial charge in [0.25, 0.3) is 0 Å². The highest BCUT2D eigenvalue weighted by atomic mass is 35.5. The number of likely N-dealkylation sites (tertiary alicyclic amines) is 1. The summed E-state index contributed by atoms with van der Waals surface area (Å²) in [6, 6.07) is 14.5. The quantitative estimate of drug-likeness (QED) is 0.724. The molecule has 2 aromatic heterocycles. The number of benzene rings is 1. The fraction of sp³-hybridized carbons (Fsp3) is 0.364. The number of para-hydroxylation sites is 1. The van der Waals surface area contributed by atoms with Crippen molar-refractivity contribution < 1.29 is 0 Å². The number of rotatable bonds is 4. The Morgan fingerprint density at radius 1 is 1.14 bits per heavy atom. The first-order valence-corrected chi connectivity index (χ1v) is 9.55. The van der Waals surface area contributed by atoms with Gasteiger partial charge in [-0.25, -0.2) is 4.68 Å².